The zero-order valence-corrected chi connectivity index (χ0v) is 13.6. The number of nitrogens with one attached hydrogen (secondary N) is 1. The smallest absolute Gasteiger partial charge is 0.227 e. The average Bonchev–Trinajstić information content (AvgIpc) is 3.14. The van der Waals surface area contributed by atoms with Gasteiger partial charge in [-0.15, -0.1) is 11.3 Å². The topological polar surface area (TPSA) is 58.1 Å². The Kier molecular flexibility index (Phi) is 3.46. The molecule has 3 aromatic rings. The van der Waals surface area contributed by atoms with Gasteiger partial charge in [-0.05, 0) is 43.7 Å². The van der Waals surface area contributed by atoms with Crippen LogP contribution in [0.25, 0.3) is 10.2 Å². The van der Waals surface area contributed by atoms with Gasteiger partial charge in [-0.1, -0.05) is 0 Å². The van der Waals surface area contributed by atoms with Crippen molar-refractivity contribution in [3.63, 3.8) is 0 Å². The van der Waals surface area contributed by atoms with Gasteiger partial charge in [-0.25, -0.2) is 9.97 Å². The lowest BCUT2D eigenvalue weighted by atomic mass is 10.2. The van der Waals surface area contributed by atoms with Gasteiger partial charge in [0.25, 0.3) is 0 Å². The molecule has 0 saturated carbocycles. The van der Waals surface area contributed by atoms with Gasteiger partial charge in [0.2, 0.25) is 5.91 Å². The minimum absolute atomic E-state index is 0.206. The molecule has 1 amide bonds. The Morgan fingerprint density at radius 2 is 2.04 bits per heavy atom. The fraction of sp³-hybridized carbons (Fsp3) is 0.235. The molecule has 3 heterocycles. The van der Waals surface area contributed by atoms with E-state index in [1.54, 1.807) is 17.7 Å². The molecule has 23 heavy (non-hydrogen) atoms. The maximum absolute atomic E-state index is 11.8. The summed E-state index contributed by atoms with van der Waals surface area (Å²) in [5, 5.41) is 4.38. The quantitative estimate of drug-likeness (QED) is 0.794. The van der Waals surface area contributed by atoms with Crippen LogP contribution in [0.15, 0.2) is 36.7 Å². The fourth-order valence-electron chi connectivity index (χ4n) is 2.86. The van der Waals surface area contributed by atoms with E-state index in [0.29, 0.717) is 6.42 Å². The Labute approximate surface area is 138 Å². The average molecular weight is 324 g/mol. The monoisotopic (exact) mass is 324 g/mol. The lowest BCUT2D eigenvalue weighted by Crippen LogP contribution is -2.23. The van der Waals surface area contributed by atoms with E-state index in [1.165, 1.54) is 4.88 Å². The van der Waals surface area contributed by atoms with Gasteiger partial charge in [0, 0.05) is 29.2 Å². The van der Waals surface area contributed by atoms with E-state index >= 15 is 0 Å². The van der Waals surface area contributed by atoms with Gasteiger partial charge in [0.1, 0.15) is 17.0 Å². The highest BCUT2D eigenvalue weighted by molar-refractivity contribution is 7.18. The molecule has 1 aliphatic heterocycles. The van der Waals surface area contributed by atoms with Crippen molar-refractivity contribution in [1.82, 2.24) is 9.97 Å². The van der Waals surface area contributed by atoms with Crippen LogP contribution >= 0.6 is 11.3 Å². The van der Waals surface area contributed by atoms with Crippen molar-refractivity contribution in [3.8, 4) is 0 Å². The second kappa shape index (κ2) is 5.62. The number of aromatic nitrogens is 2. The molecule has 0 bridgehead atoms. The van der Waals surface area contributed by atoms with Crippen LogP contribution in [0, 0.1) is 6.92 Å². The number of hydrogen-bond acceptors (Lipinski definition) is 5. The highest BCUT2D eigenvalue weighted by Gasteiger charge is 2.21. The van der Waals surface area contributed by atoms with Crippen LogP contribution in [0.1, 0.15) is 17.7 Å². The molecule has 1 aliphatic rings. The summed E-state index contributed by atoms with van der Waals surface area (Å²) in [6, 6.07) is 10.0. The Balaban J connectivity index is 1.60. The van der Waals surface area contributed by atoms with Gasteiger partial charge in [0.15, 0.2) is 0 Å². The number of anilines is 3. The van der Waals surface area contributed by atoms with Crippen molar-refractivity contribution in [1.29, 1.82) is 0 Å². The molecule has 6 heteroatoms. The predicted molar refractivity (Wildman–Crippen MR) is 93.5 cm³/mol. The second-order valence-corrected chi connectivity index (χ2v) is 6.85. The van der Waals surface area contributed by atoms with Gasteiger partial charge in [-0.3, -0.25) is 4.79 Å². The summed E-state index contributed by atoms with van der Waals surface area (Å²) in [5.41, 5.74) is 1.90. The molecule has 0 spiro atoms. The first-order valence-corrected chi connectivity index (χ1v) is 8.41. The first kappa shape index (κ1) is 14.1. The van der Waals surface area contributed by atoms with Crippen LogP contribution in [0.2, 0.25) is 0 Å². The molecule has 1 aromatic carbocycles. The minimum Gasteiger partial charge on any atom is -0.340 e. The fourth-order valence-corrected chi connectivity index (χ4v) is 3.71. The summed E-state index contributed by atoms with van der Waals surface area (Å²) in [5.74, 6) is 1.02. The number of hydrogen-bond donors (Lipinski definition) is 1. The summed E-state index contributed by atoms with van der Waals surface area (Å²) < 4.78 is 0. The number of fused-ring (bicyclic) bond motifs is 1. The van der Waals surface area contributed by atoms with E-state index in [4.69, 9.17) is 0 Å². The molecule has 1 saturated heterocycles. The number of nitrogens with zero attached hydrogens (tertiary/aromatic N) is 3. The summed E-state index contributed by atoms with van der Waals surface area (Å²) in [6.07, 6.45) is 3.17. The molecule has 1 N–H and O–H groups in total. The first-order chi connectivity index (χ1) is 11.2. The maximum Gasteiger partial charge on any atom is 0.227 e. The maximum atomic E-state index is 11.8. The Morgan fingerprint density at radius 3 is 2.78 bits per heavy atom. The van der Waals surface area contributed by atoms with Gasteiger partial charge in [-0.2, -0.15) is 0 Å². The van der Waals surface area contributed by atoms with E-state index < -0.39 is 0 Å². The van der Waals surface area contributed by atoms with Crippen LogP contribution in [0.4, 0.5) is 17.2 Å². The van der Waals surface area contributed by atoms with Gasteiger partial charge < -0.3 is 10.2 Å². The number of aryl methyl sites for hydroxylation is 1. The first-order valence-electron chi connectivity index (χ1n) is 7.59. The highest BCUT2D eigenvalue weighted by Crippen LogP contribution is 2.30. The SMILES string of the molecule is Cc1cc2c(Nc3ccc(N4CCCC4=O)cc3)ncnc2s1. The molecule has 0 unspecified atom stereocenters. The van der Waals surface area contributed by atoms with Crippen molar-refractivity contribution < 1.29 is 4.79 Å². The zero-order valence-electron chi connectivity index (χ0n) is 12.7. The standard InChI is InChI=1S/C17H16N4OS/c1-11-9-14-16(18-10-19-17(14)23-11)20-12-4-6-13(7-5-12)21-8-2-3-15(21)22/h4-7,9-10H,2-3,8H2,1H3,(H,18,19,20). The van der Waals surface area contributed by atoms with E-state index in [1.807, 2.05) is 29.2 Å². The van der Waals surface area contributed by atoms with Crippen LogP contribution in [0.3, 0.4) is 0 Å². The van der Waals surface area contributed by atoms with Crippen LogP contribution in [-0.2, 0) is 4.79 Å². The molecule has 1 fully saturated rings. The van der Waals surface area contributed by atoms with Crippen LogP contribution in [0.5, 0.6) is 0 Å². The lowest BCUT2D eigenvalue weighted by Gasteiger charge is -2.16. The molecule has 0 atom stereocenters. The Hall–Kier alpha value is -2.47. The third-order valence-electron chi connectivity index (χ3n) is 3.97. The minimum atomic E-state index is 0.206. The van der Waals surface area contributed by atoms with Gasteiger partial charge in [0.05, 0.1) is 5.39 Å². The molecule has 116 valence electrons. The number of benzene rings is 1. The zero-order chi connectivity index (χ0) is 15.8. The van der Waals surface area contributed by atoms with Crippen molar-refractivity contribution in [2.75, 3.05) is 16.8 Å². The lowest BCUT2D eigenvalue weighted by molar-refractivity contribution is -0.117. The third-order valence-corrected chi connectivity index (χ3v) is 4.93. The highest BCUT2D eigenvalue weighted by atomic mass is 32.1. The van der Waals surface area contributed by atoms with Crippen LogP contribution < -0.4 is 10.2 Å². The Bertz CT molecular complexity index is 872. The van der Waals surface area contributed by atoms with E-state index in [9.17, 15) is 4.79 Å². The summed E-state index contributed by atoms with van der Waals surface area (Å²) in [6.45, 7) is 2.88. The van der Waals surface area contributed by atoms with E-state index in [2.05, 4.69) is 28.3 Å². The summed E-state index contributed by atoms with van der Waals surface area (Å²) in [4.78, 5) is 24.5. The molecular formula is C17H16N4OS. The largest absolute Gasteiger partial charge is 0.340 e. The van der Waals surface area contributed by atoms with Crippen molar-refractivity contribution in [2.24, 2.45) is 0 Å². The number of carbonyl (C=O) groups is 1. The van der Waals surface area contributed by atoms with Crippen molar-refractivity contribution >= 4 is 44.7 Å². The number of amides is 1. The van der Waals surface area contributed by atoms with Crippen molar-refractivity contribution in [3.05, 3.63) is 41.5 Å². The van der Waals surface area contributed by atoms with Crippen molar-refractivity contribution in [2.45, 2.75) is 19.8 Å². The second-order valence-electron chi connectivity index (χ2n) is 5.62. The Morgan fingerprint density at radius 1 is 1.22 bits per heavy atom. The molecule has 2 aromatic heterocycles. The van der Waals surface area contributed by atoms with E-state index in [0.717, 1.165) is 40.4 Å². The summed E-state index contributed by atoms with van der Waals surface area (Å²) in [7, 11) is 0. The number of rotatable bonds is 3. The molecule has 0 aliphatic carbocycles. The molecular weight excluding hydrogens is 308 g/mol. The molecule has 5 nitrogen and oxygen atoms in total. The van der Waals surface area contributed by atoms with Crippen LogP contribution in [-0.4, -0.2) is 22.4 Å². The number of carbonyl (C=O) groups excluding carboxylic acids is 1. The predicted octanol–water partition coefficient (Wildman–Crippen LogP) is 3.87. The van der Waals surface area contributed by atoms with Gasteiger partial charge >= 0.3 is 0 Å². The van der Waals surface area contributed by atoms with E-state index in [-0.39, 0.29) is 5.91 Å². The summed E-state index contributed by atoms with van der Waals surface area (Å²) >= 11 is 1.66. The normalized spacial score (nSPS) is 14.7. The number of thiophene rings is 1. The third kappa shape index (κ3) is 2.66. The molecule has 0 radical (unpaired) electrons. The molecule has 4 rings (SSSR count).